The maximum Gasteiger partial charge on any atom is 0.287 e. The van der Waals surface area contributed by atoms with Crippen LogP contribution >= 0.6 is 23.2 Å². The number of hydrogen-bond donors (Lipinski definition) is 3. The number of benzene rings is 1. The Morgan fingerprint density at radius 2 is 1.95 bits per heavy atom. The third kappa shape index (κ3) is 7.13. The van der Waals surface area contributed by atoms with E-state index in [0.29, 0.717) is 39.9 Å². The largest absolute Gasteiger partial charge is 0.368 e. The van der Waals surface area contributed by atoms with E-state index in [2.05, 4.69) is 40.5 Å². The van der Waals surface area contributed by atoms with Crippen molar-refractivity contribution in [3.8, 4) is 22.8 Å². The Balaban J connectivity index is 1.47. The van der Waals surface area contributed by atoms with Gasteiger partial charge in [0.15, 0.2) is 5.82 Å². The number of H-pyrrole nitrogens is 1. The third-order valence-corrected chi connectivity index (χ3v) is 5.99. The van der Waals surface area contributed by atoms with E-state index in [0.717, 1.165) is 24.2 Å². The number of hydrogen-bond acceptors (Lipinski definition) is 9. The monoisotopic (exact) mass is 541 g/mol. The summed E-state index contributed by atoms with van der Waals surface area (Å²) in [6, 6.07) is 10.00. The number of anilines is 2. The molecule has 37 heavy (non-hydrogen) atoms. The number of rotatable bonds is 11. The van der Waals surface area contributed by atoms with Gasteiger partial charge in [-0.05, 0) is 57.4 Å². The van der Waals surface area contributed by atoms with Crippen molar-refractivity contribution in [2.75, 3.05) is 37.8 Å². The number of nitrogens with one attached hydrogen (secondary N) is 3. The number of halogens is 2. The van der Waals surface area contributed by atoms with Gasteiger partial charge in [0, 0.05) is 35.4 Å². The SMILES string of the molecule is CN(C)CCC(CNc1ccc([N+](=O)[O-])cn1)Nc1nccc(-c2ncc(-c3ccc(Cl)cc3Cl)[nH]2)n1. The molecule has 4 rings (SSSR count). The van der Waals surface area contributed by atoms with Crippen LogP contribution in [0.25, 0.3) is 22.8 Å². The summed E-state index contributed by atoms with van der Waals surface area (Å²) in [5.41, 5.74) is 2.09. The summed E-state index contributed by atoms with van der Waals surface area (Å²) in [4.78, 5) is 33.3. The zero-order valence-corrected chi connectivity index (χ0v) is 21.7. The van der Waals surface area contributed by atoms with Gasteiger partial charge in [-0.2, -0.15) is 0 Å². The maximum atomic E-state index is 10.9. The first-order valence-electron chi connectivity index (χ1n) is 11.4. The second-order valence-corrected chi connectivity index (χ2v) is 9.35. The fraction of sp³-hybridized carbons (Fsp3) is 0.250. The van der Waals surface area contributed by atoms with E-state index in [9.17, 15) is 10.1 Å². The van der Waals surface area contributed by atoms with Gasteiger partial charge in [0.25, 0.3) is 5.69 Å². The normalized spacial score (nSPS) is 11.9. The highest BCUT2D eigenvalue weighted by Crippen LogP contribution is 2.30. The van der Waals surface area contributed by atoms with E-state index in [1.807, 2.05) is 20.2 Å². The van der Waals surface area contributed by atoms with Gasteiger partial charge in [-0.3, -0.25) is 10.1 Å². The molecule has 0 amide bonds. The van der Waals surface area contributed by atoms with Crippen LogP contribution < -0.4 is 10.6 Å². The van der Waals surface area contributed by atoms with Crippen LogP contribution in [0.3, 0.4) is 0 Å². The lowest BCUT2D eigenvalue weighted by atomic mass is 10.2. The number of imidazole rings is 1. The molecular formula is C24H25Cl2N9O2. The molecule has 0 radical (unpaired) electrons. The Morgan fingerprint density at radius 3 is 2.65 bits per heavy atom. The predicted molar refractivity (Wildman–Crippen MR) is 145 cm³/mol. The first kappa shape index (κ1) is 26.3. The van der Waals surface area contributed by atoms with Crippen molar-refractivity contribution in [1.29, 1.82) is 0 Å². The van der Waals surface area contributed by atoms with E-state index in [-0.39, 0.29) is 11.7 Å². The molecule has 0 aliphatic carbocycles. The molecule has 0 saturated heterocycles. The molecule has 0 fully saturated rings. The van der Waals surface area contributed by atoms with Crippen molar-refractivity contribution in [3.63, 3.8) is 0 Å². The van der Waals surface area contributed by atoms with Gasteiger partial charge in [-0.15, -0.1) is 0 Å². The van der Waals surface area contributed by atoms with Gasteiger partial charge in [0.2, 0.25) is 5.95 Å². The fourth-order valence-electron chi connectivity index (χ4n) is 3.50. The van der Waals surface area contributed by atoms with E-state index in [1.54, 1.807) is 36.7 Å². The van der Waals surface area contributed by atoms with Gasteiger partial charge in [0.1, 0.15) is 17.7 Å². The van der Waals surface area contributed by atoms with Crippen molar-refractivity contribution in [2.45, 2.75) is 12.5 Å². The summed E-state index contributed by atoms with van der Waals surface area (Å²) in [5, 5.41) is 18.5. The minimum Gasteiger partial charge on any atom is -0.368 e. The molecule has 1 aromatic carbocycles. The molecule has 4 aromatic rings. The van der Waals surface area contributed by atoms with Gasteiger partial charge in [0.05, 0.1) is 21.8 Å². The fourth-order valence-corrected chi connectivity index (χ4v) is 4.01. The van der Waals surface area contributed by atoms with Gasteiger partial charge < -0.3 is 20.5 Å². The topological polar surface area (TPSA) is 138 Å². The van der Waals surface area contributed by atoms with Crippen molar-refractivity contribution in [3.05, 3.63) is 75.1 Å². The maximum absolute atomic E-state index is 10.9. The van der Waals surface area contributed by atoms with Crippen LogP contribution in [0.5, 0.6) is 0 Å². The van der Waals surface area contributed by atoms with Gasteiger partial charge in [-0.1, -0.05) is 23.2 Å². The lowest BCUT2D eigenvalue weighted by molar-refractivity contribution is -0.385. The van der Waals surface area contributed by atoms with E-state index < -0.39 is 4.92 Å². The Morgan fingerprint density at radius 1 is 1.11 bits per heavy atom. The molecule has 1 atom stereocenters. The van der Waals surface area contributed by atoms with E-state index in [1.165, 1.54) is 12.3 Å². The summed E-state index contributed by atoms with van der Waals surface area (Å²) in [7, 11) is 4.00. The highest BCUT2D eigenvalue weighted by Gasteiger charge is 2.15. The Kier molecular flexibility index (Phi) is 8.49. The highest BCUT2D eigenvalue weighted by molar-refractivity contribution is 6.36. The lowest BCUT2D eigenvalue weighted by Gasteiger charge is -2.21. The molecule has 0 saturated carbocycles. The molecule has 0 bridgehead atoms. The van der Waals surface area contributed by atoms with Crippen molar-refractivity contribution < 1.29 is 4.92 Å². The molecule has 11 nitrogen and oxygen atoms in total. The van der Waals surface area contributed by atoms with Gasteiger partial charge >= 0.3 is 0 Å². The number of pyridine rings is 1. The summed E-state index contributed by atoms with van der Waals surface area (Å²) in [6.45, 7) is 1.34. The summed E-state index contributed by atoms with van der Waals surface area (Å²) in [5.74, 6) is 1.56. The standard InChI is InChI=1S/C24H25Cl2N9O2/c1-34(2)10-8-16(12-28-22-6-4-17(13-29-22)35(36)37)31-24-27-9-7-20(33-24)23-30-14-21(32-23)18-5-3-15(25)11-19(18)26/h3-7,9,11,13-14,16H,8,10,12H2,1-2H3,(H,28,29)(H,30,32)(H,27,31,33). The van der Waals surface area contributed by atoms with Crippen molar-refractivity contribution in [2.24, 2.45) is 0 Å². The van der Waals surface area contributed by atoms with Crippen molar-refractivity contribution in [1.82, 2.24) is 29.8 Å². The molecule has 3 N–H and O–H groups in total. The Labute approximate surface area is 223 Å². The number of nitrogens with zero attached hydrogens (tertiary/aromatic N) is 6. The number of aromatic amines is 1. The number of nitro groups is 1. The van der Waals surface area contributed by atoms with Crippen LogP contribution in [0.2, 0.25) is 10.0 Å². The van der Waals surface area contributed by atoms with Crippen molar-refractivity contribution >= 4 is 40.7 Å². The summed E-state index contributed by atoms with van der Waals surface area (Å²) in [6.07, 6.45) is 5.38. The molecule has 3 heterocycles. The molecule has 0 spiro atoms. The summed E-state index contributed by atoms with van der Waals surface area (Å²) >= 11 is 12.3. The molecule has 0 aliphatic heterocycles. The zero-order chi connectivity index (χ0) is 26.4. The average molecular weight is 542 g/mol. The molecular weight excluding hydrogens is 517 g/mol. The van der Waals surface area contributed by atoms with Gasteiger partial charge in [-0.25, -0.2) is 19.9 Å². The molecule has 0 aliphatic rings. The third-order valence-electron chi connectivity index (χ3n) is 5.44. The Hall–Kier alpha value is -3.80. The lowest BCUT2D eigenvalue weighted by Crippen LogP contribution is -2.32. The quantitative estimate of drug-likeness (QED) is 0.177. The second kappa shape index (κ2) is 12.0. The molecule has 13 heteroatoms. The molecule has 1 unspecified atom stereocenters. The van der Waals surface area contributed by atoms with Crippen LogP contribution in [0, 0.1) is 10.1 Å². The van der Waals surface area contributed by atoms with Crippen LogP contribution in [0.15, 0.2) is 55.0 Å². The highest BCUT2D eigenvalue weighted by atomic mass is 35.5. The minimum atomic E-state index is -0.478. The molecule has 3 aromatic heterocycles. The van der Waals surface area contributed by atoms with E-state index in [4.69, 9.17) is 23.2 Å². The van der Waals surface area contributed by atoms with Crippen LogP contribution in [0.4, 0.5) is 17.5 Å². The zero-order valence-electron chi connectivity index (χ0n) is 20.2. The molecule has 192 valence electrons. The second-order valence-electron chi connectivity index (χ2n) is 8.51. The first-order valence-corrected chi connectivity index (χ1v) is 12.1. The first-order chi connectivity index (χ1) is 17.8. The van der Waals surface area contributed by atoms with E-state index >= 15 is 0 Å². The average Bonchev–Trinajstić information content (AvgIpc) is 3.36. The summed E-state index contributed by atoms with van der Waals surface area (Å²) < 4.78 is 0. The predicted octanol–water partition coefficient (Wildman–Crippen LogP) is 4.99. The van der Waals surface area contributed by atoms with Crippen LogP contribution in [-0.4, -0.2) is 68.0 Å². The Bertz CT molecular complexity index is 1360. The number of aromatic nitrogens is 5. The van der Waals surface area contributed by atoms with Crippen LogP contribution in [-0.2, 0) is 0 Å². The van der Waals surface area contributed by atoms with Crippen LogP contribution in [0.1, 0.15) is 6.42 Å². The smallest absolute Gasteiger partial charge is 0.287 e. The minimum absolute atomic E-state index is 0.0466.